The highest BCUT2D eigenvalue weighted by molar-refractivity contribution is 5.54. The van der Waals surface area contributed by atoms with E-state index in [9.17, 15) is 13.2 Å². The number of benzene rings is 1. The molecule has 0 radical (unpaired) electrons. The Morgan fingerprint density at radius 2 is 1.79 bits per heavy atom. The van der Waals surface area contributed by atoms with Crippen molar-refractivity contribution in [3.63, 3.8) is 0 Å². The Kier molecular flexibility index (Phi) is 7.34. The standard InChI is InChI=1S/C22H28F3N3O/c1-2-3-7-14-29-20-19(22(23,24)25)15-26-21(28-20)27-18-12-10-17(11-13-18)16-8-5-4-6-9-16/h10-13,15-16H,2-9,14H2,1H3,(H,26,27,28). The molecule has 0 bridgehead atoms. The van der Waals surface area contributed by atoms with Gasteiger partial charge in [0.25, 0.3) is 0 Å². The lowest BCUT2D eigenvalue weighted by Crippen LogP contribution is -2.13. The average Bonchev–Trinajstić information content (AvgIpc) is 2.72. The number of hydrogen-bond donors (Lipinski definition) is 1. The molecule has 0 saturated heterocycles. The third-order valence-electron chi connectivity index (χ3n) is 5.29. The summed E-state index contributed by atoms with van der Waals surface area (Å²) in [5.41, 5.74) is 1.09. The van der Waals surface area contributed by atoms with Gasteiger partial charge in [-0.1, -0.05) is 51.2 Å². The number of hydrogen-bond acceptors (Lipinski definition) is 4. The highest BCUT2D eigenvalue weighted by Crippen LogP contribution is 2.36. The molecule has 0 unspecified atom stereocenters. The highest BCUT2D eigenvalue weighted by Gasteiger charge is 2.36. The van der Waals surface area contributed by atoms with Gasteiger partial charge in [0.05, 0.1) is 6.61 Å². The van der Waals surface area contributed by atoms with Crippen LogP contribution >= 0.6 is 0 Å². The van der Waals surface area contributed by atoms with Crippen LogP contribution in [0, 0.1) is 0 Å². The van der Waals surface area contributed by atoms with E-state index in [0.29, 0.717) is 12.3 Å². The van der Waals surface area contributed by atoms with Crippen molar-refractivity contribution in [3.05, 3.63) is 41.6 Å². The molecule has 1 fully saturated rings. The van der Waals surface area contributed by atoms with Crippen LogP contribution in [-0.2, 0) is 6.18 Å². The molecule has 1 heterocycles. The largest absolute Gasteiger partial charge is 0.477 e. The number of ether oxygens (including phenoxy) is 1. The van der Waals surface area contributed by atoms with E-state index in [0.717, 1.165) is 24.7 Å². The number of alkyl halides is 3. The monoisotopic (exact) mass is 407 g/mol. The van der Waals surface area contributed by atoms with Crippen LogP contribution in [0.25, 0.3) is 0 Å². The quantitative estimate of drug-likeness (QED) is 0.486. The smallest absolute Gasteiger partial charge is 0.423 e. The first-order chi connectivity index (χ1) is 14.0. The predicted molar refractivity (Wildman–Crippen MR) is 108 cm³/mol. The van der Waals surface area contributed by atoms with Crippen LogP contribution in [0.5, 0.6) is 5.88 Å². The zero-order valence-corrected chi connectivity index (χ0v) is 16.8. The lowest BCUT2D eigenvalue weighted by molar-refractivity contribution is -0.139. The van der Waals surface area contributed by atoms with Gasteiger partial charge in [-0.25, -0.2) is 4.98 Å². The van der Waals surface area contributed by atoms with Gasteiger partial charge in [-0.2, -0.15) is 18.2 Å². The van der Waals surface area contributed by atoms with Crippen LogP contribution in [0.4, 0.5) is 24.8 Å². The number of unbranched alkanes of at least 4 members (excludes halogenated alkanes) is 2. The molecule has 158 valence electrons. The van der Waals surface area contributed by atoms with Gasteiger partial charge in [0, 0.05) is 11.9 Å². The summed E-state index contributed by atoms with van der Waals surface area (Å²) in [5.74, 6) is 0.266. The molecule has 1 aliphatic carbocycles. The van der Waals surface area contributed by atoms with Gasteiger partial charge in [-0.15, -0.1) is 0 Å². The third kappa shape index (κ3) is 6.08. The zero-order valence-electron chi connectivity index (χ0n) is 16.8. The fourth-order valence-electron chi connectivity index (χ4n) is 3.66. The number of aromatic nitrogens is 2. The summed E-state index contributed by atoms with van der Waals surface area (Å²) in [4.78, 5) is 7.82. The number of halogens is 3. The van der Waals surface area contributed by atoms with Crippen molar-refractivity contribution in [2.24, 2.45) is 0 Å². The molecule has 3 rings (SSSR count). The lowest BCUT2D eigenvalue weighted by Gasteiger charge is -2.22. The van der Waals surface area contributed by atoms with Crippen LogP contribution in [0.2, 0.25) is 0 Å². The summed E-state index contributed by atoms with van der Waals surface area (Å²) in [5, 5.41) is 2.99. The predicted octanol–water partition coefficient (Wildman–Crippen LogP) is 6.86. The molecule has 1 aromatic heterocycles. The number of nitrogens with zero attached hydrogens (tertiary/aromatic N) is 2. The van der Waals surface area contributed by atoms with Gasteiger partial charge in [0.2, 0.25) is 11.8 Å². The molecule has 0 amide bonds. The van der Waals surface area contributed by atoms with Crippen LogP contribution < -0.4 is 10.1 Å². The lowest BCUT2D eigenvalue weighted by atomic mass is 9.84. The Hall–Kier alpha value is -2.31. The van der Waals surface area contributed by atoms with E-state index in [1.165, 1.54) is 37.7 Å². The first-order valence-corrected chi connectivity index (χ1v) is 10.4. The summed E-state index contributed by atoms with van der Waals surface area (Å²) in [6, 6.07) is 7.99. The second-order valence-corrected chi connectivity index (χ2v) is 7.55. The van der Waals surface area contributed by atoms with Gasteiger partial charge in [-0.3, -0.25) is 0 Å². The summed E-state index contributed by atoms with van der Waals surface area (Å²) >= 11 is 0. The minimum absolute atomic E-state index is 0.0916. The molecule has 0 atom stereocenters. The van der Waals surface area contributed by atoms with Crippen LogP contribution in [0.3, 0.4) is 0 Å². The first-order valence-electron chi connectivity index (χ1n) is 10.4. The van der Waals surface area contributed by atoms with Gasteiger partial charge >= 0.3 is 6.18 Å². The Bertz CT molecular complexity index is 772. The minimum Gasteiger partial charge on any atom is -0.477 e. The third-order valence-corrected chi connectivity index (χ3v) is 5.29. The molecular formula is C22H28F3N3O. The van der Waals surface area contributed by atoms with Crippen molar-refractivity contribution in [1.29, 1.82) is 0 Å². The van der Waals surface area contributed by atoms with Crippen LogP contribution in [0.15, 0.2) is 30.5 Å². The van der Waals surface area contributed by atoms with Crippen molar-refractivity contribution < 1.29 is 17.9 Å². The molecule has 1 aromatic carbocycles. The molecule has 29 heavy (non-hydrogen) atoms. The van der Waals surface area contributed by atoms with Gasteiger partial charge in [0.1, 0.15) is 5.56 Å². The second-order valence-electron chi connectivity index (χ2n) is 7.55. The van der Waals surface area contributed by atoms with E-state index < -0.39 is 17.6 Å². The number of anilines is 2. The second kappa shape index (κ2) is 9.94. The Morgan fingerprint density at radius 1 is 1.07 bits per heavy atom. The molecule has 0 aliphatic heterocycles. The van der Waals surface area contributed by atoms with Gasteiger partial charge in [-0.05, 0) is 42.9 Å². The molecule has 4 nitrogen and oxygen atoms in total. The summed E-state index contributed by atoms with van der Waals surface area (Å²) in [6.45, 7) is 2.22. The van der Waals surface area contributed by atoms with Crippen molar-refractivity contribution >= 4 is 11.6 Å². The molecule has 1 aliphatic rings. The van der Waals surface area contributed by atoms with Crippen molar-refractivity contribution in [1.82, 2.24) is 9.97 Å². The Morgan fingerprint density at radius 3 is 2.45 bits per heavy atom. The zero-order chi connectivity index (χ0) is 20.7. The van der Waals surface area contributed by atoms with Gasteiger partial charge in [0.15, 0.2) is 0 Å². The Balaban J connectivity index is 1.70. The van der Waals surface area contributed by atoms with E-state index in [1.54, 1.807) is 0 Å². The summed E-state index contributed by atoms with van der Waals surface area (Å²) in [6.07, 6.45) is 5.04. The molecule has 2 aromatic rings. The average molecular weight is 407 g/mol. The van der Waals surface area contributed by atoms with Crippen molar-refractivity contribution in [2.45, 2.75) is 70.4 Å². The fraction of sp³-hybridized carbons (Fsp3) is 0.545. The van der Waals surface area contributed by atoms with E-state index >= 15 is 0 Å². The number of nitrogens with one attached hydrogen (secondary N) is 1. The molecule has 1 N–H and O–H groups in total. The minimum atomic E-state index is -4.56. The van der Waals surface area contributed by atoms with E-state index in [1.807, 2.05) is 19.1 Å². The summed E-state index contributed by atoms with van der Waals surface area (Å²) < 4.78 is 45.0. The first kappa shape index (κ1) is 21.4. The maximum atomic E-state index is 13.2. The molecule has 0 spiro atoms. The van der Waals surface area contributed by atoms with Crippen molar-refractivity contribution in [3.8, 4) is 5.88 Å². The molecular weight excluding hydrogens is 379 g/mol. The maximum Gasteiger partial charge on any atom is 0.423 e. The van der Waals surface area contributed by atoms with Crippen molar-refractivity contribution in [2.75, 3.05) is 11.9 Å². The SMILES string of the molecule is CCCCCOc1nc(Nc2ccc(C3CCCCC3)cc2)ncc1C(F)(F)F. The van der Waals surface area contributed by atoms with Crippen LogP contribution in [0.1, 0.15) is 75.3 Å². The van der Waals surface area contributed by atoms with Gasteiger partial charge < -0.3 is 10.1 Å². The van der Waals surface area contributed by atoms with Crippen LogP contribution in [-0.4, -0.2) is 16.6 Å². The normalized spacial score (nSPS) is 15.3. The Labute approximate surface area is 169 Å². The maximum absolute atomic E-state index is 13.2. The fourth-order valence-corrected chi connectivity index (χ4v) is 3.66. The van der Waals surface area contributed by atoms with E-state index in [4.69, 9.17) is 4.74 Å². The summed E-state index contributed by atoms with van der Waals surface area (Å²) in [7, 11) is 0. The highest BCUT2D eigenvalue weighted by atomic mass is 19.4. The molecule has 1 saturated carbocycles. The van der Waals surface area contributed by atoms with E-state index in [-0.39, 0.29) is 12.6 Å². The van der Waals surface area contributed by atoms with E-state index in [2.05, 4.69) is 27.4 Å². The number of rotatable bonds is 8. The topological polar surface area (TPSA) is 47.0 Å². The molecule has 7 heteroatoms.